The van der Waals surface area contributed by atoms with Crippen molar-refractivity contribution in [2.75, 3.05) is 5.32 Å². The second-order valence-electron chi connectivity index (χ2n) is 6.09. The molecule has 9 heteroatoms. The molecule has 0 fully saturated rings. The molecule has 0 saturated carbocycles. The standard InChI is InChI=1S/C20H18FN3O4S/c1-12-10-14(24-28-12)11-29-19-15(6-5-9-22-19)20(26)27-13(2)18(25)23-17-8-4-3-7-16(17)21/h3-10,13H,11H2,1-2H3,(H,23,25)/t13-/m1/s1. The number of hydrogen-bond donors (Lipinski definition) is 1. The molecule has 3 rings (SSSR count). The Morgan fingerprint density at radius 1 is 1.28 bits per heavy atom. The van der Waals surface area contributed by atoms with Crippen LogP contribution in [-0.4, -0.2) is 28.1 Å². The summed E-state index contributed by atoms with van der Waals surface area (Å²) < 4.78 is 23.9. The summed E-state index contributed by atoms with van der Waals surface area (Å²) >= 11 is 1.30. The second kappa shape index (κ2) is 9.33. The number of aromatic nitrogens is 2. The zero-order chi connectivity index (χ0) is 20.8. The van der Waals surface area contributed by atoms with E-state index in [1.54, 1.807) is 37.4 Å². The van der Waals surface area contributed by atoms with E-state index in [0.717, 1.165) is 5.69 Å². The van der Waals surface area contributed by atoms with Crippen molar-refractivity contribution in [1.29, 1.82) is 0 Å². The summed E-state index contributed by atoms with van der Waals surface area (Å²) in [6.45, 7) is 3.20. The summed E-state index contributed by atoms with van der Waals surface area (Å²) in [5.74, 6) is -0.769. The number of benzene rings is 1. The average Bonchev–Trinajstić information content (AvgIpc) is 3.13. The van der Waals surface area contributed by atoms with Gasteiger partial charge in [0.05, 0.1) is 16.9 Å². The number of nitrogens with zero attached hydrogens (tertiary/aromatic N) is 2. The van der Waals surface area contributed by atoms with E-state index in [-0.39, 0.29) is 11.3 Å². The third kappa shape index (κ3) is 5.41. The SMILES string of the molecule is Cc1cc(CSc2ncccc2C(=O)O[C@H](C)C(=O)Nc2ccccc2F)no1. The lowest BCUT2D eigenvalue weighted by atomic mass is 10.2. The van der Waals surface area contributed by atoms with Crippen LogP contribution in [0.15, 0.2) is 58.2 Å². The molecule has 0 bridgehead atoms. The molecule has 0 saturated heterocycles. The predicted molar refractivity (Wildman–Crippen MR) is 105 cm³/mol. The molecule has 1 amide bonds. The molecule has 2 heterocycles. The Morgan fingerprint density at radius 2 is 2.07 bits per heavy atom. The Bertz CT molecular complexity index is 1020. The first kappa shape index (κ1) is 20.5. The molecule has 0 aliphatic rings. The van der Waals surface area contributed by atoms with Gasteiger partial charge in [-0.15, -0.1) is 0 Å². The van der Waals surface area contributed by atoms with Crippen molar-refractivity contribution in [3.8, 4) is 0 Å². The van der Waals surface area contributed by atoms with E-state index in [1.165, 1.54) is 36.9 Å². The molecule has 2 aromatic heterocycles. The van der Waals surface area contributed by atoms with E-state index in [4.69, 9.17) is 9.26 Å². The number of amides is 1. The maximum absolute atomic E-state index is 13.7. The predicted octanol–water partition coefficient (Wildman–Crippen LogP) is 3.99. The van der Waals surface area contributed by atoms with Crippen molar-refractivity contribution in [3.05, 3.63) is 71.5 Å². The molecule has 7 nitrogen and oxygen atoms in total. The van der Waals surface area contributed by atoms with E-state index < -0.39 is 23.8 Å². The molecular formula is C20H18FN3O4S. The zero-order valence-electron chi connectivity index (χ0n) is 15.7. The van der Waals surface area contributed by atoms with Crippen LogP contribution in [0.3, 0.4) is 0 Å². The Labute approximate surface area is 170 Å². The van der Waals surface area contributed by atoms with Gasteiger partial charge >= 0.3 is 5.97 Å². The molecule has 3 aromatic rings. The Hall–Kier alpha value is -3.20. The summed E-state index contributed by atoms with van der Waals surface area (Å²) in [5.41, 5.74) is 0.958. The molecule has 150 valence electrons. The molecule has 0 aliphatic carbocycles. The van der Waals surface area contributed by atoms with Gasteiger partial charge in [-0.1, -0.05) is 29.1 Å². The zero-order valence-corrected chi connectivity index (χ0v) is 16.5. The number of nitrogens with one attached hydrogen (secondary N) is 1. The third-order valence-electron chi connectivity index (χ3n) is 3.81. The normalized spacial score (nSPS) is 11.7. The monoisotopic (exact) mass is 415 g/mol. The summed E-state index contributed by atoms with van der Waals surface area (Å²) in [6.07, 6.45) is 0.430. The van der Waals surface area contributed by atoms with Gasteiger partial charge in [-0.2, -0.15) is 0 Å². The summed E-state index contributed by atoms with van der Waals surface area (Å²) in [5, 5.41) is 6.74. The number of hydrogen-bond acceptors (Lipinski definition) is 7. The average molecular weight is 415 g/mol. The maximum atomic E-state index is 13.7. The van der Waals surface area contributed by atoms with Gasteiger partial charge < -0.3 is 14.6 Å². The highest BCUT2D eigenvalue weighted by Gasteiger charge is 2.22. The van der Waals surface area contributed by atoms with Gasteiger partial charge in [0.1, 0.15) is 16.6 Å². The number of carbonyl (C=O) groups excluding carboxylic acids is 2. The van der Waals surface area contributed by atoms with Crippen LogP contribution in [-0.2, 0) is 15.3 Å². The fraction of sp³-hybridized carbons (Fsp3) is 0.200. The van der Waals surface area contributed by atoms with Gasteiger partial charge in [0.2, 0.25) is 0 Å². The van der Waals surface area contributed by atoms with Crippen LogP contribution in [0.25, 0.3) is 0 Å². The minimum absolute atomic E-state index is 0.0147. The highest BCUT2D eigenvalue weighted by molar-refractivity contribution is 7.98. The lowest BCUT2D eigenvalue weighted by molar-refractivity contribution is -0.123. The number of pyridine rings is 1. The van der Waals surface area contributed by atoms with Gasteiger partial charge in [0.25, 0.3) is 5.91 Å². The van der Waals surface area contributed by atoms with Crippen molar-refractivity contribution in [2.24, 2.45) is 0 Å². The van der Waals surface area contributed by atoms with Crippen molar-refractivity contribution in [2.45, 2.75) is 30.7 Å². The number of aryl methyl sites for hydroxylation is 1. The maximum Gasteiger partial charge on any atom is 0.341 e. The van der Waals surface area contributed by atoms with Crippen LogP contribution < -0.4 is 5.32 Å². The van der Waals surface area contributed by atoms with Gasteiger partial charge in [0, 0.05) is 18.0 Å². The fourth-order valence-corrected chi connectivity index (χ4v) is 3.23. The second-order valence-corrected chi connectivity index (χ2v) is 7.05. The molecule has 29 heavy (non-hydrogen) atoms. The van der Waals surface area contributed by atoms with Crippen LogP contribution >= 0.6 is 11.8 Å². The van der Waals surface area contributed by atoms with Gasteiger partial charge in [-0.3, -0.25) is 4.79 Å². The minimum atomic E-state index is -1.13. The first-order valence-electron chi connectivity index (χ1n) is 8.70. The molecule has 1 atom stereocenters. The molecule has 0 radical (unpaired) electrons. The first-order chi connectivity index (χ1) is 13.9. The highest BCUT2D eigenvalue weighted by atomic mass is 32.2. The molecular weight excluding hydrogens is 397 g/mol. The number of thioether (sulfide) groups is 1. The van der Waals surface area contributed by atoms with E-state index in [1.807, 2.05) is 0 Å². The van der Waals surface area contributed by atoms with Crippen molar-refractivity contribution < 1.29 is 23.2 Å². The Morgan fingerprint density at radius 3 is 2.79 bits per heavy atom. The van der Waals surface area contributed by atoms with Crippen LogP contribution in [0.4, 0.5) is 10.1 Å². The molecule has 0 spiro atoms. The van der Waals surface area contributed by atoms with Crippen LogP contribution in [0.5, 0.6) is 0 Å². The quantitative estimate of drug-likeness (QED) is 0.460. The number of carbonyl (C=O) groups is 2. The van der Waals surface area contributed by atoms with E-state index >= 15 is 0 Å². The Kier molecular flexibility index (Phi) is 6.61. The number of para-hydroxylation sites is 1. The van der Waals surface area contributed by atoms with Crippen molar-refractivity contribution in [3.63, 3.8) is 0 Å². The lowest BCUT2D eigenvalue weighted by Gasteiger charge is -2.14. The van der Waals surface area contributed by atoms with Gasteiger partial charge in [0.15, 0.2) is 6.10 Å². The Balaban J connectivity index is 1.64. The molecule has 0 unspecified atom stereocenters. The number of ether oxygens (including phenoxy) is 1. The minimum Gasteiger partial charge on any atom is -0.449 e. The van der Waals surface area contributed by atoms with Crippen LogP contribution in [0, 0.1) is 12.7 Å². The largest absolute Gasteiger partial charge is 0.449 e. The van der Waals surface area contributed by atoms with Crippen molar-refractivity contribution in [1.82, 2.24) is 10.1 Å². The fourth-order valence-electron chi connectivity index (χ4n) is 2.36. The lowest BCUT2D eigenvalue weighted by Crippen LogP contribution is -2.30. The highest BCUT2D eigenvalue weighted by Crippen LogP contribution is 2.25. The van der Waals surface area contributed by atoms with Crippen LogP contribution in [0.2, 0.25) is 0 Å². The summed E-state index contributed by atoms with van der Waals surface area (Å²) in [4.78, 5) is 29.0. The molecule has 0 aliphatic heterocycles. The summed E-state index contributed by atoms with van der Waals surface area (Å²) in [6, 6.07) is 10.7. The molecule has 1 N–H and O–H groups in total. The number of halogens is 1. The topological polar surface area (TPSA) is 94.3 Å². The summed E-state index contributed by atoms with van der Waals surface area (Å²) in [7, 11) is 0. The number of anilines is 1. The van der Waals surface area contributed by atoms with Crippen LogP contribution in [0.1, 0.15) is 28.7 Å². The number of rotatable bonds is 7. The van der Waals surface area contributed by atoms with E-state index in [2.05, 4.69) is 15.5 Å². The van der Waals surface area contributed by atoms with Gasteiger partial charge in [-0.05, 0) is 38.1 Å². The first-order valence-corrected chi connectivity index (χ1v) is 9.69. The van der Waals surface area contributed by atoms with E-state index in [9.17, 15) is 14.0 Å². The van der Waals surface area contributed by atoms with Gasteiger partial charge in [-0.25, -0.2) is 14.2 Å². The van der Waals surface area contributed by atoms with Crippen molar-refractivity contribution >= 4 is 29.3 Å². The molecule has 1 aromatic carbocycles. The smallest absolute Gasteiger partial charge is 0.341 e. The number of esters is 1. The third-order valence-corrected chi connectivity index (χ3v) is 4.85. The van der Waals surface area contributed by atoms with E-state index in [0.29, 0.717) is 16.5 Å².